The first-order valence-electron chi connectivity index (χ1n) is 5.75. The van der Waals surface area contributed by atoms with E-state index in [2.05, 4.69) is 0 Å². The molecule has 1 aliphatic carbocycles. The summed E-state index contributed by atoms with van der Waals surface area (Å²) in [6.45, 7) is 0. The fourth-order valence-corrected chi connectivity index (χ4v) is 2.88. The van der Waals surface area contributed by atoms with Crippen LogP contribution in [0.15, 0.2) is 47.4 Å². The Kier molecular flexibility index (Phi) is 2.55. The van der Waals surface area contributed by atoms with Gasteiger partial charge < -0.3 is 0 Å². The second-order valence-electron chi connectivity index (χ2n) is 4.53. The molecule has 4 nitrogen and oxygen atoms in total. The normalized spacial score (nSPS) is 13.8. The van der Waals surface area contributed by atoms with Gasteiger partial charge in [0.25, 0.3) is 0 Å². The van der Waals surface area contributed by atoms with Gasteiger partial charge in [-0.05, 0) is 29.7 Å². The molecule has 0 radical (unpaired) electrons. The largest absolute Gasteiger partial charge is 0.289 e. The Morgan fingerprint density at radius 2 is 1.63 bits per heavy atom. The molecule has 0 aliphatic heterocycles. The third-order valence-corrected chi connectivity index (χ3v) is 4.21. The first-order chi connectivity index (χ1) is 8.97. The molecule has 0 heterocycles. The Morgan fingerprint density at radius 1 is 0.947 bits per heavy atom. The topological polar surface area (TPSA) is 77.2 Å². The lowest BCUT2D eigenvalue weighted by Gasteiger charge is -2.18. The van der Waals surface area contributed by atoms with E-state index in [1.54, 1.807) is 18.2 Å². The van der Waals surface area contributed by atoms with Crippen LogP contribution in [0, 0.1) is 0 Å². The van der Waals surface area contributed by atoms with E-state index in [0.717, 1.165) is 11.1 Å². The predicted octanol–water partition coefficient (Wildman–Crippen LogP) is 1.47. The molecule has 0 saturated heterocycles. The average molecular weight is 273 g/mol. The average Bonchev–Trinajstić information content (AvgIpc) is 2.37. The highest BCUT2D eigenvalue weighted by Crippen LogP contribution is 2.28. The summed E-state index contributed by atoms with van der Waals surface area (Å²) in [6, 6.07) is 11.8. The van der Waals surface area contributed by atoms with Gasteiger partial charge in [-0.3, -0.25) is 4.79 Å². The summed E-state index contributed by atoms with van der Waals surface area (Å²) < 4.78 is 22.7. The minimum Gasteiger partial charge on any atom is -0.289 e. The summed E-state index contributed by atoms with van der Waals surface area (Å²) in [5, 5.41) is 5.09. The van der Waals surface area contributed by atoms with Gasteiger partial charge in [0.05, 0.1) is 4.90 Å². The summed E-state index contributed by atoms with van der Waals surface area (Å²) in [4.78, 5) is 12.3. The smallest absolute Gasteiger partial charge is 0.238 e. The monoisotopic (exact) mass is 273 g/mol. The van der Waals surface area contributed by atoms with Gasteiger partial charge in [-0.2, -0.15) is 0 Å². The number of benzene rings is 2. The highest BCUT2D eigenvalue weighted by Gasteiger charge is 2.24. The Hall–Kier alpha value is -1.98. The molecule has 0 atom stereocenters. The van der Waals surface area contributed by atoms with Crippen molar-refractivity contribution in [2.75, 3.05) is 0 Å². The Morgan fingerprint density at radius 3 is 2.37 bits per heavy atom. The Bertz CT molecular complexity index is 794. The van der Waals surface area contributed by atoms with Crippen LogP contribution in [0.4, 0.5) is 0 Å². The molecule has 0 bridgehead atoms. The van der Waals surface area contributed by atoms with Crippen molar-refractivity contribution in [3.63, 3.8) is 0 Å². The van der Waals surface area contributed by atoms with E-state index in [1.165, 1.54) is 12.1 Å². The number of hydrogen-bond acceptors (Lipinski definition) is 3. The van der Waals surface area contributed by atoms with Gasteiger partial charge in [-0.25, -0.2) is 13.6 Å². The van der Waals surface area contributed by atoms with Crippen LogP contribution in [-0.2, 0) is 16.4 Å². The summed E-state index contributed by atoms with van der Waals surface area (Å²) in [7, 11) is -3.79. The van der Waals surface area contributed by atoms with Crippen LogP contribution < -0.4 is 5.14 Å². The van der Waals surface area contributed by atoms with Gasteiger partial charge >= 0.3 is 0 Å². The zero-order chi connectivity index (χ0) is 13.6. The number of sulfonamides is 1. The van der Waals surface area contributed by atoms with Crippen molar-refractivity contribution < 1.29 is 13.2 Å². The molecule has 5 heteroatoms. The molecule has 96 valence electrons. The van der Waals surface area contributed by atoms with E-state index in [0.29, 0.717) is 17.5 Å². The van der Waals surface area contributed by atoms with E-state index in [1.807, 2.05) is 12.1 Å². The molecule has 0 aromatic heterocycles. The zero-order valence-corrected chi connectivity index (χ0v) is 10.8. The highest BCUT2D eigenvalue weighted by molar-refractivity contribution is 7.89. The third-order valence-electron chi connectivity index (χ3n) is 3.30. The number of rotatable bonds is 1. The quantitative estimate of drug-likeness (QED) is 0.729. The van der Waals surface area contributed by atoms with Gasteiger partial charge in [0.2, 0.25) is 10.0 Å². The van der Waals surface area contributed by atoms with E-state index in [9.17, 15) is 13.2 Å². The molecule has 0 saturated carbocycles. The van der Waals surface area contributed by atoms with Crippen LogP contribution in [0.25, 0.3) is 0 Å². The summed E-state index contributed by atoms with van der Waals surface area (Å²) in [6.07, 6.45) is 0.627. The number of primary sulfonamides is 1. The first kappa shape index (κ1) is 12.1. The van der Waals surface area contributed by atoms with Gasteiger partial charge in [-0.1, -0.05) is 30.3 Å². The summed E-state index contributed by atoms with van der Waals surface area (Å²) >= 11 is 0. The van der Waals surface area contributed by atoms with Crippen molar-refractivity contribution in [3.05, 3.63) is 64.7 Å². The molecular weight excluding hydrogens is 262 g/mol. The lowest BCUT2D eigenvalue weighted by molar-refractivity contribution is 0.103. The summed E-state index contributed by atoms with van der Waals surface area (Å²) in [5.74, 6) is -0.151. The Balaban J connectivity index is 2.20. The molecular formula is C14H11NO3S. The standard InChI is InChI=1S/C14H11NO3S/c15-19(17,18)11-6-5-10-7-9-3-1-2-4-12(9)14(16)13(10)8-11/h1-6,8H,7H2,(H2,15,17,18). The maximum Gasteiger partial charge on any atom is 0.238 e. The first-order valence-corrected chi connectivity index (χ1v) is 7.30. The van der Waals surface area contributed by atoms with Crippen molar-refractivity contribution in [2.24, 2.45) is 5.14 Å². The number of ketones is 1. The SMILES string of the molecule is NS(=O)(=O)c1ccc2c(c1)C(=O)c1ccccc1C2. The molecule has 2 N–H and O–H groups in total. The van der Waals surface area contributed by atoms with E-state index < -0.39 is 10.0 Å². The van der Waals surface area contributed by atoms with Gasteiger partial charge in [0.15, 0.2) is 5.78 Å². The van der Waals surface area contributed by atoms with E-state index >= 15 is 0 Å². The van der Waals surface area contributed by atoms with Gasteiger partial charge in [0.1, 0.15) is 0 Å². The molecule has 2 aromatic carbocycles. The fraction of sp³-hybridized carbons (Fsp3) is 0.0714. The fourth-order valence-electron chi connectivity index (χ4n) is 2.34. The zero-order valence-electron chi connectivity index (χ0n) is 9.96. The molecule has 0 amide bonds. The van der Waals surface area contributed by atoms with Crippen molar-refractivity contribution >= 4 is 15.8 Å². The molecule has 3 rings (SSSR count). The number of nitrogens with two attached hydrogens (primary N) is 1. The molecule has 0 unspecified atom stereocenters. The maximum atomic E-state index is 12.4. The number of fused-ring (bicyclic) bond motifs is 2. The molecule has 0 spiro atoms. The van der Waals surface area contributed by atoms with Crippen LogP contribution in [0.5, 0.6) is 0 Å². The third kappa shape index (κ3) is 1.97. The minimum atomic E-state index is -3.79. The maximum absolute atomic E-state index is 12.4. The summed E-state index contributed by atoms with van der Waals surface area (Å²) in [5.41, 5.74) is 2.84. The number of hydrogen-bond donors (Lipinski definition) is 1. The second-order valence-corrected chi connectivity index (χ2v) is 6.09. The van der Waals surface area contributed by atoms with Crippen molar-refractivity contribution in [3.8, 4) is 0 Å². The lowest BCUT2D eigenvalue weighted by Crippen LogP contribution is -2.18. The van der Waals surface area contributed by atoms with Crippen molar-refractivity contribution in [2.45, 2.75) is 11.3 Å². The predicted molar refractivity (Wildman–Crippen MR) is 70.5 cm³/mol. The lowest BCUT2D eigenvalue weighted by atomic mass is 9.85. The molecule has 2 aromatic rings. The van der Waals surface area contributed by atoms with Crippen LogP contribution in [-0.4, -0.2) is 14.2 Å². The second kappa shape index (κ2) is 4.01. The highest BCUT2D eigenvalue weighted by atomic mass is 32.2. The van der Waals surface area contributed by atoms with Gasteiger partial charge in [0, 0.05) is 11.1 Å². The Labute approximate surface area is 110 Å². The molecule has 19 heavy (non-hydrogen) atoms. The number of carbonyl (C=O) groups excluding carboxylic acids is 1. The van der Waals surface area contributed by atoms with Crippen LogP contribution in [0.2, 0.25) is 0 Å². The van der Waals surface area contributed by atoms with E-state index in [4.69, 9.17) is 5.14 Å². The van der Waals surface area contributed by atoms with Crippen molar-refractivity contribution in [1.82, 2.24) is 0 Å². The van der Waals surface area contributed by atoms with E-state index in [-0.39, 0.29) is 10.7 Å². The van der Waals surface area contributed by atoms with Gasteiger partial charge in [-0.15, -0.1) is 0 Å². The molecule has 1 aliphatic rings. The van der Waals surface area contributed by atoms with Crippen molar-refractivity contribution in [1.29, 1.82) is 0 Å². The molecule has 0 fully saturated rings. The van der Waals surface area contributed by atoms with Crippen LogP contribution >= 0.6 is 0 Å². The number of carbonyl (C=O) groups is 1. The minimum absolute atomic E-state index is 0.0287. The van der Waals surface area contributed by atoms with Crippen LogP contribution in [0.3, 0.4) is 0 Å². The van der Waals surface area contributed by atoms with Crippen LogP contribution in [0.1, 0.15) is 27.0 Å².